The average molecular weight is 463 g/mol. The van der Waals surface area contributed by atoms with Gasteiger partial charge in [0.05, 0.1) is 18.2 Å². The number of hydrogen-bond acceptors (Lipinski definition) is 4. The van der Waals surface area contributed by atoms with Crippen LogP contribution in [0.2, 0.25) is 0 Å². The van der Waals surface area contributed by atoms with Crippen molar-refractivity contribution in [3.05, 3.63) is 77.1 Å². The first kappa shape index (κ1) is 24.0. The number of fused-ring (bicyclic) bond motifs is 1. The van der Waals surface area contributed by atoms with Gasteiger partial charge >= 0.3 is 12.1 Å². The van der Waals surface area contributed by atoms with E-state index in [2.05, 4.69) is 10.1 Å². The molecular weight excluding hydrogens is 442 g/mol. The fourth-order valence-electron chi connectivity index (χ4n) is 3.23. The Labute approximate surface area is 187 Å². The van der Waals surface area contributed by atoms with Crippen molar-refractivity contribution in [1.82, 2.24) is 5.32 Å². The summed E-state index contributed by atoms with van der Waals surface area (Å²) >= 11 is 0. The number of alkyl halides is 3. The Bertz CT molecular complexity index is 1190. The molecule has 0 saturated heterocycles. The highest BCUT2D eigenvalue weighted by Crippen LogP contribution is 2.34. The van der Waals surface area contributed by atoms with Gasteiger partial charge in [-0.2, -0.15) is 13.2 Å². The van der Waals surface area contributed by atoms with E-state index in [4.69, 9.17) is 4.74 Å². The van der Waals surface area contributed by atoms with Crippen LogP contribution in [0.3, 0.4) is 0 Å². The Morgan fingerprint density at radius 3 is 2.15 bits per heavy atom. The fraction of sp³-hybridized carbons (Fsp3) is 0.250. The molecule has 0 aromatic heterocycles. The summed E-state index contributed by atoms with van der Waals surface area (Å²) in [5.74, 6) is -2.12. The van der Waals surface area contributed by atoms with Crippen molar-refractivity contribution >= 4 is 22.6 Å². The van der Waals surface area contributed by atoms with Crippen molar-refractivity contribution in [2.75, 3.05) is 7.11 Å². The summed E-state index contributed by atoms with van der Waals surface area (Å²) in [5, 5.41) is 2.99. The summed E-state index contributed by atoms with van der Waals surface area (Å²) in [7, 11) is 1.17. The number of esters is 1. The van der Waals surface area contributed by atoms with Crippen LogP contribution in [0.15, 0.2) is 54.6 Å². The van der Waals surface area contributed by atoms with E-state index in [1.54, 1.807) is 18.2 Å². The molecule has 0 bridgehead atoms. The molecule has 0 saturated carbocycles. The number of nitrogens with one attached hydrogen (secondary N) is 1. The second-order valence-corrected chi connectivity index (χ2v) is 7.83. The molecule has 3 rings (SSSR count). The minimum atomic E-state index is -4.47. The topological polar surface area (TPSA) is 64.6 Å². The molecule has 5 nitrogen and oxygen atoms in total. The van der Waals surface area contributed by atoms with Crippen LogP contribution in [0.25, 0.3) is 10.8 Å². The van der Waals surface area contributed by atoms with Crippen LogP contribution >= 0.6 is 0 Å². The van der Waals surface area contributed by atoms with Crippen LogP contribution in [-0.2, 0) is 22.3 Å². The third-order valence-corrected chi connectivity index (χ3v) is 4.98. The molecule has 0 fully saturated rings. The Morgan fingerprint density at radius 2 is 1.58 bits per heavy atom. The number of rotatable bonds is 6. The van der Waals surface area contributed by atoms with E-state index in [0.29, 0.717) is 10.9 Å². The predicted octanol–water partition coefficient (Wildman–Crippen LogP) is 5.26. The number of ether oxygens (including phenoxy) is 2. The van der Waals surface area contributed by atoms with Gasteiger partial charge in [0, 0.05) is 10.8 Å². The molecule has 1 amide bonds. The Morgan fingerprint density at radius 1 is 0.970 bits per heavy atom. The molecule has 0 radical (unpaired) electrons. The summed E-state index contributed by atoms with van der Waals surface area (Å²) in [6.07, 6.45) is -4.47. The van der Waals surface area contributed by atoms with Crippen LogP contribution in [-0.4, -0.2) is 24.5 Å². The normalized spacial score (nSPS) is 11.8. The number of methoxy groups -OCH3 is 1. The van der Waals surface area contributed by atoms with Gasteiger partial charge in [0.1, 0.15) is 23.7 Å². The van der Waals surface area contributed by atoms with Gasteiger partial charge in [-0.25, -0.2) is 9.18 Å². The lowest BCUT2D eigenvalue weighted by Crippen LogP contribution is -2.50. The number of carbonyl (C=O) groups is 2. The van der Waals surface area contributed by atoms with Gasteiger partial charge in [0.2, 0.25) is 0 Å². The molecule has 3 aromatic rings. The van der Waals surface area contributed by atoms with Crippen LogP contribution in [0.1, 0.15) is 35.3 Å². The summed E-state index contributed by atoms with van der Waals surface area (Å²) in [6.45, 7) is 2.68. The standard InChI is InChI=1S/C24H21F4NO4/c1-23(2,22(31)32-3)29-21(30)18-12-19(25)16-6-4-5-7-17(16)20(18)33-13-14-8-10-15(11-9-14)24(26,27)28/h4-12H,13H2,1-3H3,(H,29,30). The van der Waals surface area contributed by atoms with Crippen LogP contribution < -0.4 is 10.1 Å². The van der Waals surface area contributed by atoms with Gasteiger partial charge in [-0.1, -0.05) is 36.4 Å². The van der Waals surface area contributed by atoms with Gasteiger partial charge in [-0.3, -0.25) is 4.79 Å². The zero-order valence-electron chi connectivity index (χ0n) is 18.0. The van der Waals surface area contributed by atoms with Crippen molar-refractivity contribution in [3.63, 3.8) is 0 Å². The summed E-state index contributed by atoms with van der Waals surface area (Å²) in [6, 6.07) is 11.7. The van der Waals surface area contributed by atoms with Crippen molar-refractivity contribution in [2.45, 2.75) is 32.2 Å². The molecule has 33 heavy (non-hydrogen) atoms. The minimum absolute atomic E-state index is 0.0325. The maximum absolute atomic E-state index is 14.7. The highest BCUT2D eigenvalue weighted by Gasteiger charge is 2.33. The lowest BCUT2D eigenvalue weighted by molar-refractivity contribution is -0.146. The monoisotopic (exact) mass is 463 g/mol. The second kappa shape index (κ2) is 9.09. The largest absolute Gasteiger partial charge is 0.487 e. The maximum atomic E-state index is 14.7. The highest BCUT2D eigenvalue weighted by molar-refractivity contribution is 6.05. The molecular formula is C24H21F4NO4. The van der Waals surface area contributed by atoms with E-state index in [1.807, 2.05) is 0 Å². The molecule has 0 atom stereocenters. The Balaban J connectivity index is 1.98. The van der Waals surface area contributed by atoms with E-state index in [9.17, 15) is 27.2 Å². The number of hydrogen-bond donors (Lipinski definition) is 1. The molecule has 174 valence electrons. The predicted molar refractivity (Wildman–Crippen MR) is 113 cm³/mol. The van der Waals surface area contributed by atoms with Crippen LogP contribution in [0.5, 0.6) is 5.75 Å². The zero-order valence-corrected chi connectivity index (χ0v) is 18.0. The third kappa shape index (κ3) is 5.24. The van der Waals surface area contributed by atoms with Crippen molar-refractivity contribution in [1.29, 1.82) is 0 Å². The first-order chi connectivity index (χ1) is 15.4. The van der Waals surface area contributed by atoms with Gasteiger partial charge in [-0.15, -0.1) is 0 Å². The number of amides is 1. The van der Waals surface area contributed by atoms with Crippen molar-refractivity contribution in [2.24, 2.45) is 0 Å². The quantitative estimate of drug-likeness (QED) is 0.400. The van der Waals surface area contributed by atoms with Crippen molar-refractivity contribution < 1.29 is 36.6 Å². The van der Waals surface area contributed by atoms with Gasteiger partial charge in [-0.05, 0) is 37.6 Å². The number of carbonyl (C=O) groups excluding carboxylic acids is 2. The van der Waals surface area contributed by atoms with Crippen LogP contribution in [0, 0.1) is 5.82 Å². The Kier molecular flexibility index (Phi) is 6.62. The van der Waals surface area contributed by atoms with E-state index < -0.39 is 35.0 Å². The molecule has 9 heteroatoms. The average Bonchev–Trinajstić information content (AvgIpc) is 2.77. The first-order valence-corrected chi connectivity index (χ1v) is 9.85. The molecule has 0 unspecified atom stereocenters. The Hall–Kier alpha value is -3.62. The highest BCUT2D eigenvalue weighted by atomic mass is 19.4. The summed E-state index contributed by atoms with van der Waals surface area (Å²) in [4.78, 5) is 24.9. The molecule has 0 aliphatic rings. The van der Waals surface area contributed by atoms with Gasteiger partial charge in [0.15, 0.2) is 0 Å². The van der Waals surface area contributed by atoms with E-state index in [1.165, 1.54) is 39.2 Å². The fourth-order valence-corrected chi connectivity index (χ4v) is 3.23. The zero-order chi connectivity index (χ0) is 24.4. The van der Waals surface area contributed by atoms with Crippen LogP contribution in [0.4, 0.5) is 17.6 Å². The molecule has 1 N–H and O–H groups in total. The van der Waals surface area contributed by atoms with Crippen molar-refractivity contribution in [3.8, 4) is 5.75 Å². The smallest absolute Gasteiger partial charge is 0.416 e. The summed E-state index contributed by atoms with van der Waals surface area (Å²) in [5.41, 5.74) is -1.96. The van der Waals surface area contributed by atoms with E-state index in [0.717, 1.165) is 18.2 Å². The number of benzene rings is 3. The molecule has 3 aromatic carbocycles. The first-order valence-electron chi connectivity index (χ1n) is 9.85. The molecule has 0 heterocycles. The number of halogens is 4. The van der Waals surface area contributed by atoms with Gasteiger partial charge in [0.25, 0.3) is 5.91 Å². The third-order valence-electron chi connectivity index (χ3n) is 4.98. The lowest BCUT2D eigenvalue weighted by atomic mass is 10.0. The molecule has 0 aliphatic heterocycles. The molecule has 0 aliphatic carbocycles. The SMILES string of the molecule is COC(=O)C(C)(C)NC(=O)c1cc(F)c2ccccc2c1OCc1ccc(C(F)(F)F)cc1. The van der Waals surface area contributed by atoms with Gasteiger partial charge < -0.3 is 14.8 Å². The minimum Gasteiger partial charge on any atom is -0.487 e. The summed E-state index contributed by atoms with van der Waals surface area (Å²) < 4.78 is 63.6. The second-order valence-electron chi connectivity index (χ2n) is 7.83. The maximum Gasteiger partial charge on any atom is 0.416 e. The lowest BCUT2D eigenvalue weighted by Gasteiger charge is -2.24. The molecule has 0 spiro atoms. The van der Waals surface area contributed by atoms with E-state index >= 15 is 0 Å². The van der Waals surface area contributed by atoms with E-state index in [-0.39, 0.29) is 23.3 Å².